The van der Waals surface area contributed by atoms with Gasteiger partial charge in [-0.3, -0.25) is 19.7 Å². The van der Waals surface area contributed by atoms with E-state index in [1.54, 1.807) is 0 Å². The number of aryl methyl sites for hydroxylation is 1. The average Bonchev–Trinajstić information content (AvgIpc) is 3.10. The predicted molar refractivity (Wildman–Crippen MR) is 96.0 cm³/mol. The zero-order valence-corrected chi connectivity index (χ0v) is 13.9. The third-order valence-electron chi connectivity index (χ3n) is 4.76. The molecule has 0 spiro atoms. The van der Waals surface area contributed by atoms with Gasteiger partial charge in [0.1, 0.15) is 0 Å². The summed E-state index contributed by atoms with van der Waals surface area (Å²) in [6.45, 7) is 1.89. The van der Waals surface area contributed by atoms with Crippen molar-refractivity contribution in [2.75, 3.05) is 4.90 Å². The zero-order valence-electron chi connectivity index (χ0n) is 13.9. The highest BCUT2D eigenvalue weighted by Crippen LogP contribution is 2.38. The van der Waals surface area contributed by atoms with Gasteiger partial charge in [0.05, 0.1) is 16.5 Å². The molecule has 0 saturated carbocycles. The quantitative estimate of drug-likeness (QED) is 0.445. The number of benzene rings is 2. The molecule has 0 radical (unpaired) electrons. The highest BCUT2D eigenvalue weighted by molar-refractivity contribution is 6.23. The van der Waals surface area contributed by atoms with Crippen LogP contribution in [0.3, 0.4) is 0 Å². The molecule has 1 aliphatic rings. The van der Waals surface area contributed by atoms with Crippen LogP contribution in [0.25, 0.3) is 10.9 Å². The zero-order chi connectivity index (χ0) is 18.4. The molecule has 0 bridgehead atoms. The number of rotatable bonds is 3. The Morgan fingerprint density at radius 2 is 1.81 bits per heavy atom. The highest BCUT2D eigenvalue weighted by atomic mass is 16.6. The molecule has 1 saturated heterocycles. The number of amides is 2. The second-order valence-electron chi connectivity index (χ2n) is 6.31. The number of carbonyl (C=O) groups is 2. The first-order valence-electron chi connectivity index (χ1n) is 8.16. The number of nitro benzene ring substituents is 1. The molecule has 1 fully saturated rings. The molecule has 1 atom stereocenters. The fraction of sp³-hybridized carbons (Fsp3) is 0.158. The van der Waals surface area contributed by atoms with Gasteiger partial charge in [-0.15, -0.1) is 0 Å². The number of nitrogens with zero attached hydrogens (tertiary/aromatic N) is 2. The van der Waals surface area contributed by atoms with Crippen LogP contribution in [0.4, 0.5) is 11.4 Å². The lowest BCUT2D eigenvalue weighted by Crippen LogP contribution is -2.30. The standard InChI is InChI=1S/C19H15N3O4/c1-11-18(14-4-2-3-5-16(14)20-11)15-10-17(23)21(19(15)24)12-6-8-13(9-7-12)22(25)26/h2-9,15,20H,10H2,1H3. The molecule has 1 aliphatic heterocycles. The molecule has 0 aliphatic carbocycles. The van der Waals surface area contributed by atoms with Crippen LogP contribution in [0, 0.1) is 17.0 Å². The molecule has 2 aromatic carbocycles. The minimum atomic E-state index is -0.561. The van der Waals surface area contributed by atoms with Crippen molar-refractivity contribution in [3.8, 4) is 0 Å². The number of aromatic nitrogens is 1. The summed E-state index contributed by atoms with van der Waals surface area (Å²) in [5, 5.41) is 11.7. The van der Waals surface area contributed by atoms with E-state index in [1.165, 1.54) is 24.3 Å². The van der Waals surface area contributed by atoms with Crippen molar-refractivity contribution in [1.29, 1.82) is 0 Å². The minimum Gasteiger partial charge on any atom is -0.358 e. The van der Waals surface area contributed by atoms with Gasteiger partial charge >= 0.3 is 0 Å². The van der Waals surface area contributed by atoms with Gasteiger partial charge in [-0.2, -0.15) is 0 Å². The fourth-order valence-electron chi connectivity index (χ4n) is 3.60. The second-order valence-corrected chi connectivity index (χ2v) is 6.31. The minimum absolute atomic E-state index is 0.0819. The van der Waals surface area contributed by atoms with E-state index in [-0.39, 0.29) is 23.9 Å². The number of anilines is 1. The predicted octanol–water partition coefficient (Wildman–Crippen LogP) is 3.43. The number of non-ortho nitro benzene ring substituents is 1. The van der Waals surface area contributed by atoms with E-state index in [2.05, 4.69) is 4.98 Å². The Hall–Kier alpha value is -3.48. The molecule has 4 rings (SSSR count). The fourth-order valence-corrected chi connectivity index (χ4v) is 3.60. The number of aromatic amines is 1. The first-order valence-corrected chi connectivity index (χ1v) is 8.16. The smallest absolute Gasteiger partial charge is 0.269 e. The summed E-state index contributed by atoms with van der Waals surface area (Å²) in [5.74, 6) is -1.18. The van der Waals surface area contributed by atoms with Crippen molar-refractivity contribution in [1.82, 2.24) is 4.98 Å². The molecular formula is C19H15N3O4. The van der Waals surface area contributed by atoms with Crippen molar-refractivity contribution in [2.45, 2.75) is 19.3 Å². The van der Waals surface area contributed by atoms with Gasteiger partial charge in [-0.05, 0) is 30.7 Å². The van der Waals surface area contributed by atoms with Crippen molar-refractivity contribution in [3.63, 3.8) is 0 Å². The first kappa shape index (κ1) is 16.0. The summed E-state index contributed by atoms with van der Waals surface area (Å²) in [6.07, 6.45) is 0.0819. The van der Waals surface area contributed by atoms with Crippen molar-refractivity contribution in [3.05, 3.63) is 69.9 Å². The van der Waals surface area contributed by atoms with Crippen LogP contribution >= 0.6 is 0 Å². The number of imide groups is 1. The Morgan fingerprint density at radius 3 is 2.50 bits per heavy atom. The van der Waals surface area contributed by atoms with Crippen molar-refractivity contribution >= 4 is 34.1 Å². The number of hydrogen-bond donors (Lipinski definition) is 1. The van der Waals surface area contributed by atoms with E-state index in [9.17, 15) is 19.7 Å². The highest BCUT2D eigenvalue weighted by Gasteiger charge is 2.42. The van der Waals surface area contributed by atoms with E-state index in [0.29, 0.717) is 5.69 Å². The number of hydrogen-bond acceptors (Lipinski definition) is 4. The number of H-pyrrole nitrogens is 1. The molecule has 1 unspecified atom stereocenters. The molecule has 130 valence electrons. The SMILES string of the molecule is Cc1[nH]c2ccccc2c1C1CC(=O)N(c2ccc([N+](=O)[O-])cc2)C1=O. The Kier molecular flexibility index (Phi) is 3.57. The third-order valence-corrected chi connectivity index (χ3v) is 4.76. The van der Waals surface area contributed by atoms with Gasteiger partial charge in [0.25, 0.3) is 5.69 Å². The summed E-state index contributed by atoms with van der Waals surface area (Å²) in [4.78, 5) is 40.2. The Balaban J connectivity index is 1.73. The number of carbonyl (C=O) groups excluding carboxylic acids is 2. The van der Waals surface area contributed by atoms with Crippen LogP contribution in [0.2, 0.25) is 0 Å². The van der Waals surface area contributed by atoms with Crippen LogP contribution < -0.4 is 4.90 Å². The van der Waals surface area contributed by atoms with Gasteiger partial charge in [-0.25, -0.2) is 4.90 Å². The summed E-state index contributed by atoms with van der Waals surface area (Å²) in [7, 11) is 0. The molecule has 2 amide bonds. The second kappa shape index (κ2) is 5.80. The normalized spacial score (nSPS) is 17.3. The lowest BCUT2D eigenvalue weighted by molar-refractivity contribution is -0.384. The maximum absolute atomic E-state index is 13.0. The lowest BCUT2D eigenvalue weighted by atomic mass is 9.94. The molecule has 26 heavy (non-hydrogen) atoms. The van der Waals surface area contributed by atoms with Gasteiger partial charge < -0.3 is 4.98 Å². The van der Waals surface area contributed by atoms with E-state index in [4.69, 9.17) is 0 Å². The van der Waals surface area contributed by atoms with Gasteiger partial charge in [-0.1, -0.05) is 18.2 Å². The summed E-state index contributed by atoms with van der Waals surface area (Å²) >= 11 is 0. The van der Waals surface area contributed by atoms with Crippen LogP contribution in [0.15, 0.2) is 48.5 Å². The monoisotopic (exact) mass is 349 g/mol. The number of fused-ring (bicyclic) bond motifs is 1. The number of nitrogens with one attached hydrogen (secondary N) is 1. The van der Waals surface area contributed by atoms with Crippen LogP contribution in [0.1, 0.15) is 23.6 Å². The largest absolute Gasteiger partial charge is 0.358 e. The Labute approximate surface area is 148 Å². The van der Waals surface area contributed by atoms with Crippen LogP contribution in [0.5, 0.6) is 0 Å². The molecule has 7 heteroatoms. The first-order chi connectivity index (χ1) is 12.5. The van der Waals surface area contributed by atoms with E-state index >= 15 is 0 Å². The lowest BCUT2D eigenvalue weighted by Gasteiger charge is -2.15. The van der Waals surface area contributed by atoms with Gasteiger partial charge in [0.2, 0.25) is 11.8 Å². The van der Waals surface area contributed by atoms with Crippen LogP contribution in [-0.4, -0.2) is 21.7 Å². The molecule has 7 nitrogen and oxygen atoms in total. The summed E-state index contributed by atoms with van der Waals surface area (Å²) < 4.78 is 0. The van der Waals surface area contributed by atoms with Gasteiger partial charge in [0, 0.05) is 35.2 Å². The van der Waals surface area contributed by atoms with E-state index in [0.717, 1.165) is 27.1 Å². The van der Waals surface area contributed by atoms with Gasteiger partial charge in [0.15, 0.2) is 0 Å². The molecule has 2 heterocycles. The summed E-state index contributed by atoms with van der Waals surface area (Å²) in [6, 6.07) is 13.1. The topological polar surface area (TPSA) is 96.3 Å². The van der Waals surface area contributed by atoms with E-state index in [1.807, 2.05) is 31.2 Å². The van der Waals surface area contributed by atoms with Crippen molar-refractivity contribution < 1.29 is 14.5 Å². The average molecular weight is 349 g/mol. The summed E-state index contributed by atoms with van der Waals surface area (Å²) in [5.41, 5.74) is 2.89. The van der Waals surface area contributed by atoms with Crippen molar-refractivity contribution in [2.24, 2.45) is 0 Å². The number of nitro groups is 1. The maximum atomic E-state index is 13.0. The maximum Gasteiger partial charge on any atom is 0.269 e. The van der Waals surface area contributed by atoms with E-state index < -0.39 is 10.8 Å². The Morgan fingerprint density at radius 1 is 1.12 bits per heavy atom. The van der Waals surface area contributed by atoms with Crippen LogP contribution in [-0.2, 0) is 9.59 Å². The molecular weight excluding hydrogens is 334 g/mol. The molecule has 1 aromatic heterocycles. The molecule has 3 aromatic rings. The number of para-hydroxylation sites is 1. The molecule has 1 N–H and O–H groups in total. The Bertz CT molecular complexity index is 1050. The third kappa shape index (κ3) is 2.36.